The fourth-order valence-electron chi connectivity index (χ4n) is 3.15. The maximum atomic E-state index is 11.6. The fraction of sp³-hybridized carbons (Fsp3) is 0.952. The van der Waals surface area contributed by atoms with Crippen molar-refractivity contribution in [2.24, 2.45) is 0 Å². The Morgan fingerprint density at radius 2 is 1.12 bits per heavy atom. The Balaban J connectivity index is 3.17. The molecule has 150 valence electrons. The highest BCUT2D eigenvalue weighted by Crippen LogP contribution is 2.13. The van der Waals surface area contributed by atoms with E-state index >= 15 is 0 Å². The molecule has 0 aliphatic carbocycles. The summed E-state index contributed by atoms with van der Waals surface area (Å²) in [5.74, 6) is 0.0306. The molecule has 0 fully saturated rings. The minimum atomic E-state index is -0.316. The largest absolute Gasteiger partial charge is 0.339 e. The van der Waals surface area contributed by atoms with Crippen LogP contribution in [0.5, 0.6) is 0 Å². The zero-order valence-corrected chi connectivity index (χ0v) is 17.0. The molecule has 3 N–H and O–H groups in total. The van der Waals surface area contributed by atoms with Crippen molar-refractivity contribution in [2.45, 2.75) is 129 Å². The van der Waals surface area contributed by atoms with E-state index in [1.54, 1.807) is 0 Å². The molecule has 4 nitrogen and oxygen atoms in total. The topological polar surface area (TPSA) is 61.4 Å². The first kappa shape index (κ1) is 24.4. The lowest BCUT2D eigenvalue weighted by atomic mass is 10.0. The third kappa shape index (κ3) is 18.0. The zero-order valence-electron chi connectivity index (χ0n) is 17.0. The third-order valence-electron chi connectivity index (χ3n) is 4.91. The molecule has 4 heteroatoms. The van der Waals surface area contributed by atoms with Crippen LogP contribution in [0.15, 0.2) is 0 Å². The summed E-state index contributed by atoms with van der Waals surface area (Å²) in [6, 6.07) is 0. The standard InChI is InChI=1S/C21H44N2O2/c1-3-5-6-7-8-9-10-11-12-13-14-15-16-17-18-19-21(24)22-20(4-2)23-25/h20,23,25H,3-19H2,1-2H3,(H,22,24). The molecule has 0 heterocycles. The molecule has 0 rings (SSSR count). The van der Waals surface area contributed by atoms with Crippen LogP contribution < -0.4 is 10.8 Å². The van der Waals surface area contributed by atoms with Crippen LogP contribution in [-0.2, 0) is 4.79 Å². The second kappa shape index (κ2) is 19.7. The van der Waals surface area contributed by atoms with E-state index in [4.69, 9.17) is 5.21 Å². The molecule has 1 amide bonds. The summed E-state index contributed by atoms with van der Waals surface area (Å²) in [5.41, 5.74) is 2.10. The minimum Gasteiger partial charge on any atom is -0.339 e. The molecular formula is C21H44N2O2. The van der Waals surface area contributed by atoms with Gasteiger partial charge in [-0.1, -0.05) is 104 Å². The Morgan fingerprint density at radius 3 is 1.48 bits per heavy atom. The van der Waals surface area contributed by atoms with Gasteiger partial charge in [-0.15, -0.1) is 0 Å². The number of hydroxylamine groups is 1. The van der Waals surface area contributed by atoms with E-state index in [0.29, 0.717) is 12.8 Å². The van der Waals surface area contributed by atoms with E-state index in [-0.39, 0.29) is 12.1 Å². The molecule has 0 aliphatic heterocycles. The van der Waals surface area contributed by atoms with E-state index in [2.05, 4.69) is 17.7 Å². The first-order valence-corrected chi connectivity index (χ1v) is 10.9. The van der Waals surface area contributed by atoms with Crippen LogP contribution >= 0.6 is 0 Å². The zero-order chi connectivity index (χ0) is 18.6. The van der Waals surface area contributed by atoms with Gasteiger partial charge in [-0.05, 0) is 12.8 Å². The van der Waals surface area contributed by atoms with Gasteiger partial charge in [-0.2, -0.15) is 5.48 Å². The predicted molar refractivity (Wildman–Crippen MR) is 107 cm³/mol. The van der Waals surface area contributed by atoms with Crippen molar-refractivity contribution in [1.82, 2.24) is 10.8 Å². The molecule has 25 heavy (non-hydrogen) atoms. The van der Waals surface area contributed by atoms with Gasteiger partial charge in [0, 0.05) is 6.42 Å². The lowest BCUT2D eigenvalue weighted by Crippen LogP contribution is -2.43. The number of carbonyl (C=O) groups excluding carboxylic acids is 1. The highest BCUT2D eigenvalue weighted by Gasteiger charge is 2.07. The van der Waals surface area contributed by atoms with Gasteiger partial charge >= 0.3 is 0 Å². The third-order valence-corrected chi connectivity index (χ3v) is 4.91. The monoisotopic (exact) mass is 356 g/mol. The van der Waals surface area contributed by atoms with E-state index in [1.165, 1.54) is 83.5 Å². The van der Waals surface area contributed by atoms with Gasteiger partial charge in [0.1, 0.15) is 6.17 Å². The number of amides is 1. The molecule has 0 bridgehead atoms. The summed E-state index contributed by atoms with van der Waals surface area (Å²) in [4.78, 5) is 11.6. The van der Waals surface area contributed by atoms with Crippen molar-refractivity contribution in [3.63, 3.8) is 0 Å². The van der Waals surface area contributed by atoms with Gasteiger partial charge < -0.3 is 10.5 Å². The highest BCUT2D eigenvalue weighted by atomic mass is 16.5. The number of nitrogens with one attached hydrogen (secondary N) is 2. The lowest BCUT2D eigenvalue weighted by Gasteiger charge is -2.14. The second-order valence-electron chi connectivity index (χ2n) is 7.36. The van der Waals surface area contributed by atoms with Crippen LogP contribution in [0.4, 0.5) is 0 Å². The average molecular weight is 357 g/mol. The van der Waals surface area contributed by atoms with Gasteiger partial charge in [-0.3, -0.25) is 4.79 Å². The van der Waals surface area contributed by atoms with E-state index in [0.717, 1.165) is 12.8 Å². The van der Waals surface area contributed by atoms with E-state index < -0.39 is 0 Å². The smallest absolute Gasteiger partial charge is 0.221 e. The Kier molecular flexibility index (Phi) is 19.2. The Labute approximate surface area is 156 Å². The highest BCUT2D eigenvalue weighted by molar-refractivity contribution is 5.76. The van der Waals surface area contributed by atoms with Crippen LogP contribution in [-0.4, -0.2) is 17.3 Å². The van der Waals surface area contributed by atoms with E-state index in [1.807, 2.05) is 6.92 Å². The molecule has 0 aromatic rings. The van der Waals surface area contributed by atoms with Crippen molar-refractivity contribution in [3.05, 3.63) is 0 Å². The fourth-order valence-corrected chi connectivity index (χ4v) is 3.15. The summed E-state index contributed by atoms with van der Waals surface area (Å²) in [6.07, 6.45) is 21.0. The molecule has 0 saturated carbocycles. The molecule has 0 aromatic carbocycles. The van der Waals surface area contributed by atoms with Crippen molar-refractivity contribution in [1.29, 1.82) is 0 Å². The van der Waals surface area contributed by atoms with Crippen molar-refractivity contribution < 1.29 is 10.0 Å². The molecule has 0 aromatic heterocycles. The molecule has 0 spiro atoms. The molecule has 1 atom stereocenters. The van der Waals surface area contributed by atoms with Crippen LogP contribution in [0.1, 0.15) is 123 Å². The van der Waals surface area contributed by atoms with Crippen LogP contribution in [0.25, 0.3) is 0 Å². The number of hydrogen-bond donors (Lipinski definition) is 3. The Bertz CT molecular complexity index is 281. The van der Waals surface area contributed by atoms with Crippen LogP contribution in [0, 0.1) is 0 Å². The van der Waals surface area contributed by atoms with E-state index in [9.17, 15) is 4.79 Å². The maximum Gasteiger partial charge on any atom is 0.221 e. The van der Waals surface area contributed by atoms with Crippen molar-refractivity contribution in [3.8, 4) is 0 Å². The van der Waals surface area contributed by atoms with Gasteiger partial charge in [0.2, 0.25) is 5.91 Å². The molecule has 0 aliphatic rings. The lowest BCUT2D eigenvalue weighted by molar-refractivity contribution is -0.123. The van der Waals surface area contributed by atoms with Gasteiger partial charge in [0.25, 0.3) is 0 Å². The predicted octanol–water partition coefficient (Wildman–Crippen LogP) is 6.08. The van der Waals surface area contributed by atoms with Crippen LogP contribution in [0.2, 0.25) is 0 Å². The number of hydrogen-bond acceptors (Lipinski definition) is 3. The normalized spacial score (nSPS) is 12.3. The number of carbonyl (C=O) groups is 1. The first-order valence-electron chi connectivity index (χ1n) is 10.9. The van der Waals surface area contributed by atoms with Gasteiger partial charge in [0.15, 0.2) is 0 Å². The minimum absolute atomic E-state index is 0.0306. The van der Waals surface area contributed by atoms with Gasteiger partial charge in [-0.25, -0.2) is 0 Å². The molecule has 0 saturated heterocycles. The van der Waals surface area contributed by atoms with Crippen molar-refractivity contribution >= 4 is 5.91 Å². The van der Waals surface area contributed by atoms with Crippen LogP contribution in [0.3, 0.4) is 0 Å². The SMILES string of the molecule is CCCCCCCCCCCCCCCCCC(=O)NC(CC)NO. The molecular weight excluding hydrogens is 312 g/mol. The Morgan fingerprint density at radius 1 is 0.720 bits per heavy atom. The summed E-state index contributed by atoms with van der Waals surface area (Å²) >= 11 is 0. The molecule has 1 unspecified atom stereocenters. The first-order chi connectivity index (χ1) is 12.2. The second-order valence-corrected chi connectivity index (χ2v) is 7.36. The average Bonchev–Trinajstić information content (AvgIpc) is 2.62. The molecule has 0 radical (unpaired) electrons. The summed E-state index contributed by atoms with van der Waals surface area (Å²) in [6.45, 7) is 4.19. The quantitative estimate of drug-likeness (QED) is 0.149. The summed E-state index contributed by atoms with van der Waals surface area (Å²) in [7, 11) is 0. The van der Waals surface area contributed by atoms with Gasteiger partial charge in [0.05, 0.1) is 0 Å². The van der Waals surface area contributed by atoms with Crippen molar-refractivity contribution in [2.75, 3.05) is 0 Å². The summed E-state index contributed by atoms with van der Waals surface area (Å²) in [5, 5.41) is 11.6. The maximum absolute atomic E-state index is 11.6. The Hall–Kier alpha value is -0.610. The number of unbranched alkanes of at least 4 members (excludes halogenated alkanes) is 14. The number of rotatable bonds is 19. The summed E-state index contributed by atoms with van der Waals surface area (Å²) < 4.78 is 0.